The van der Waals surface area contributed by atoms with E-state index in [-0.39, 0.29) is 11.9 Å². The number of carbonyl (C=O) groups is 1. The van der Waals surface area contributed by atoms with E-state index in [1.807, 2.05) is 11.0 Å². The second-order valence-corrected chi connectivity index (χ2v) is 8.34. The topological polar surface area (TPSA) is 56.9 Å². The number of hydrogen-bond donors (Lipinski definition) is 1. The first-order valence-electron chi connectivity index (χ1n) is 9.89. The molecule has 2 heterocycles. The first-order chi connectivity index (χ1) is 14.1. The summed E-state index contributed by atoms with van der Waals surface area (Å²) >= 11 is 1.73. The van der Waals surface area contributed by atoms with Gasteiger partial charge in [-0.3, -0.25) is 9.69 Å². The average Bonchev–Trinajstić information content (AvgIpc) is 3.32. The van der Waals surface area contributed by atoms with Gasteiger partial charge in [0, 0.05) is 37.1 Å². The fourth-order valence-corrected chi connectivity index (χ4v) is 4.37. The summed E-state index contributed by atoms with van der Waals surface area (Å²) in [6.45, 7) is 4.78. The number of piperazine rings is 1. The smallest absolute Gasteiger partial charge is 0.289 e. The van der Waals surface area contributed by atoms with Crippen LogP contribution in [0.2, 0.25) is 0 Å². The van der Waals surface area contributed by atoms with Gasteiger partial charge in [-0.2, -0.15) is 0 Å². The number of aliphatic hydroxyl groups is 1. The number of rotatable bonds is 5. The van der Waals surface area contributed by atoms with Crippen LogP contribution in [0.5, 0.6) is 0 Å². The van der Waals surface area contributed by atoms with Gasteiger partial charge < -0.3 is 14.4 Å². The number of fused-ring (bicyclic) bond motifs is 1. The zero-order valence-electron chi connectivity index (χ0n) is 16.7. The van der Waals surface area contributed by atoms with Crippen molar-refractivity contribution in [3.05, 3.63) is 66.1 Å². The highest BCUT2D eigenvalue weighted by molar-refractivity contribution is 7.98. The molecule has 4 rings (SSSR count). The Bertz CT molecular complexity index is 981. The third kappa shape index (κ3) is 4.20. The van der Waals surface area contributed by atoms with E-state index in [1.165, 1.54) is 16.5 Å². The number of furan rings is 1. The minimum absolute atomic E-state index is 0.0289. The summed E-state index contributed by atoms with van der Waals surface area (Å²) < 4.78 is 5.22. The molecule has 5 nitrogen and oxygen atoms in total. The maximum atomic E-state index is 12.4. The van der Waals surface area contributed by atoms with E-state index in [9.17, 15) is 9.90 Å². The Labute approximate surface area is 175 Å². The van der Waals surface area contributed by atoms with Crippen molar-refractivity contribution in [3.63, 3.8) is 0 Å². The Morgan fingerprint density at radius 1 is 1.07 bits per heavy atom. The van der Waals surface area contributed by atoms with Gasteiger partial charge in [0.15, 0.2) is 5.76 Å². The molecule has 2 aromatic carbocycles. The molecule has 0 bridgehead atoms. The largest absolute Gasteiger partial charge is 0.459 e. The summed E-state index contributed by atoms with van der Waals surface area (Å²) in [6.07, 6.45) is 3.02. The van der Waals surface area contributed by atoms with Crippen LogP contribution >= 0.6 is 11.8 Å². The summed E-state index contributed by atoms with van der Waals surface area (Å²) in [5.74, 6) is 0.314. The van der Waals surface area contributed by atoms with Crippen LogP contribution in [0.25, 0.3) is 10.8 Å². The summed E-state index contributed by atoms with van der Waals surface area (Å²) in [4.78, 5) is 17.7. The molecule has 0 radical (unpaired) electrons. The van der Waals surface area contributed by atoms with Crippen LogP contribution in [0.3, 0.4) is 0 Å². The molecule has 29 heavy (non-hydrogen) atoms. The molecule has 1 aliphatic heterocycles. The molecule has 152 valence electrons. The zero-order chi connectivity index (χ0) is 20.4. The SMILES string of the molecule is CSc1ccc2cc(C(O)C(C)N3CCN(C(=O)c4ccco4)CC3)ccc2c1. The molecule has 1 aromatic heterocycles. The van der Waals surface area contributed by atoms with Crippen LogP contribution in [0.4, 0.5) is 0 Å². The zero-order valence-corrected chi connectivity index (χ0v) is 17.6. The van der Waals surface area contributed by atoms with Crippen molar-refractivity contribution in [1.82, 2.24) is 9.80 Å². The molecule has 1 saturated heterocycles. The van der Waals surface area contributed by atoms with Crippen molar-refractivity contribution in [3.8, 4) is 0 Å². The first-order valence-corrected chi connectivity index (χ1v) is 11.1. The monoisotopic (exact) mass is 410 g/mol. The van der Waals surface area contributed by atoms with E-state index in [2.05, 4.69) is 48.4 Å². The number of thioether (sulfide) groups is 1. The summed E-state index contributed by atoms with van der Waals surface area (Å²) in [7, 11) is 0. The summed E-state index contributed by atoms with van der Waals surface area (Å²) in [5, 5.41) is 13.3. The fraction of sp³-hybridized carbons (Fsp3) is 0.348. The third-order valence-electron chi connectivity index (χ3n) is 5.78. The Kier molecular flexibility index (Phi) is 5.94. The average molecular weight is 411 g/mol. The summed E-state index contributed by atoms with van der Waals surface area (Å²) in [5.41, 5.74) is 0.927. The van der Waals surface area contributed by atoms with Crippen molar-refractivity contribution in [1.29, 1.82) is 0 Å². The third-order valence-corrected chi connectivity index (χ3v) is 6.50. The van der Waals surface area contributed by atoms with Gasteiger partial charge in [0.1, 0.15) is 0 Å². The standard InChI is InChI=1S/C23H26N2O3S/c1-16(24-9-11-25(12-10-24)23(27)21-4-3-13-28-21)22(26)19-6-5-18-15-20(29-2)8-7-17(18)14-19/h3-8,13-16,22,26H,9-12H2,1-2H3. The number of hydrogen-bond acceptors (Lipinski definition) is 5. The molecular weight excluding hydrogens is 384 g/mol. The second-order valence-electron chi connectivity index (χ2n) is 7.46. The lowest BCUT2D eigenvalue weighted by Crippen LogP contribution is -2.52. The van der Waals surface area contributed by atoms with Crippen molar-refractivity contribution in [2.45, 2.75) is 24.0 Å². The maximum absolute atomic E-state index is 12.4. The normalized spacial score (nSPS) is 17.4. The van der Waals surface area contributed by atoms with E-state index < -0.39 is 6.10 Å². The molecule has 0 saturated carbocycles. The van der Waals surface area contributed by atoms with Crippen LogP contribution < -0.4 is 0 Å². The molecule has 2 atom stereocenters. The summed E-state index contributed by atoms with van der Waals surface area (Å²) in [6, 6.07) is 16.0. The van der Waals surface area contributed by atoms with Crippen LogP contribution in [0.15, 0.2) is 64.1 Å². The molecular formula is C23H26N2O3S. The van der Waals surface area contributed by atoms with Gasteiger partial charge in [-0.25, -0.2) is 0 Å². The van der Waals surface area contributed by atoms with Crippen LogP contribution in [0.1, 0.15) is 29.1 Å². The highest BCUT2D eigenvalue weighted by Crippen LogP contribution is 2.28. The maximum Gasteiger partial charge on any atom is 0.289 e. The Morgan fingerprint density at radius 3 is 2.48 bits per heavy atom. The molecule has 6 heteroatoms. The van der Waals surface area contributed by atoms with Gasteiger partial charge in [-0.15, -0.1) is 11.8 Å². The minimum atomic E-state index is -0.577. The van der Waals surface area contributed by atoms with Gasteiger partial charge in [0.2, 0.25) is 0 Å². The lowest BCUT2D eigenvalue weighted by molar-refractivity contribution is 0.0234. The van der Waals surface area contributed by atoms with E-state index in [0.29, 0.717) is 18.8 Å². The van der Waals surface area contributed by atoms with Crippen LogP contribution in [-0.2, 0) is 0 Å². The molecule has 2 unspecified atom stereocenters. The van der Waals surface area contributed by atoms with Gasteiger partial charge in [0.25, 0.3) is 5.91 Å². The predicted octanol–water partition coefficient (Wildman–Crippen LogP) is 4.03. The van der Waals surface area contributed by atoms with Crippen molar-refractivity contribution < 1.29 is 14.3 Å². The lowest BCUT2D eigenvalue weighted by atomic mass is 9.98. The molecule has 3 aromatic rings. The number of nitrogens with zero attached hydrogens (tertiary/aromatic N) is 2. The quantitative estimate of drug-likeness (QED) is 0.644. The molecule has 1 amide bonds. The first kappa shape index (κ1) is 20.0. The Balaban J connectivity index is 1.41. The van der Waals surface area contributed by atoms with Gasteiger partial charge >= 0.3 is 0 Å². The van der Waals surface area contributed by atoms with Crippen molar-refractivity contribution in [2.75, 3.05) is 32.4 Å². The van der Waals surface area contributed by atoms with E-state index in [0.717, 1.165) is 24.0 Å². The minimum Gasteiger partial charge on any atom is -0.459 e. The number of carbonyl (C=O) groups excluding carboxylic acids is 1. The highest BCUT2D eigenvalue weighted by Gasteiger charge is 2.29. The second kappa shape index (κ2) is 8.61. The van der Waals surface area contributed by atoms with E-state index in [1.54, 1.807) is 23.9 Å². The van der Waals surface area contributed by atoms with Crippen molar-refractivity contribution in [2.24, 2.45) is 0 Å². The number of amides is 1. The van der Waals surface area contributed by atoms with Gasteiger partial charge in [-0.1, -0.05) is 18.2 Å². The van der Waals surface area contributed by atoms with Gasteiger partial charge in [0.05, 0.1) is 12.4 Å². The molecule has 1 fully saturated rings. The molecule has 0 aliphatic carbocycles. The Morgan fingerprint density at radius 2 is 1.79 bits per heavy atom. The predicted molar refractivity (Wildman–Crippen MR) is 116 cm³/mol. The van der Waals surface area contributed by atoms with Gasteiger partial charge in [-0.05, 0) is 59.8 Å². The van der Waals surface area contributed by atoms with E-state index in [4.69, 9.17) is 4.42 Å². The molecule has 0 spiro atoms. The van der Waals surface area contributed by atoms with Crippen molar-refractivity contribution >= 4 is 28.4 Å². The number of aliphatic hydroxyl groups excluding tert-OH is 1. The fourth-order valence-electron chi connectivity index (χ4n) is 3.92. The van der Waals surface area contributed by atoms with E-state index >= 15 is 0 Å². The number of benzene rings is 2. The highest BCUT2D eigenvalue weighted by atomic mass is 32.2. The molecule has 1 aliphatic rings. The molecule has 1 N–H and O–H groups in total. The Hall–Kier alpha value is -2.28. The lowest BCUT2D eigenvalue weighted by Gasteiger charge is -2.39. The van der Waals surface area contributed by atoms with Crippen LogP contribution in [-0.4, -0.2) is 59.3 Å². The van der Waals surface area contributed by atoms with Crippen LogP contribution in [0, 0.1) is 0 Å².